The van der Waals surface area contributed by atoms with Crippen molar-refractivity contribution in [1.29, 1.82) is 0 Å². The lowest BCUT2D eigenvalue weighted by Crippen LogP contribution is -2.09. The standard InChI is InChI=1S/C10H19N3OS/c1-3-5-6-9-11-12-10(15)13(9)7-8-14-4-2/h3-8H2,1-2H3,(H,12,15). The van der Waals surface area contributed by atoms with E-state index < -0.39 is 0 Å². The van der Waals surface area contributed by atoms with E-state index in [1.165, 1.54) is 6.42 Å². The summed E-state index contributed by atoms with van der Waals surface area (Å²) in [6.45, 7) is 6.40. The highest BCUT2D eigenvalue weighted by Gasteiger charge is 2.04. The third kappa shape index (κ3) is 3.76. The van der Waals surface area contributed by atoms with Gasteiger partial charge in [0.05, 0.1) is 6.61 Å². The molecule has 0 aliphatic rings. The predicted molar refractivity (Wildman–Crippen MR) is 62.5 cm³/mol. The maximum Gasteiger partial charge on any atom is 0.195 e. The van der Waals surface area contributed by atoms with Crippen LogP contribution in [0.25, 0.3) is 0 Å². The number of unbranched alkanes of at least 4 members (excludes halogenated alkanes) is 1. The van der Waals surface area contributed by atoms with Crippen molar-refractivity contribution in [3.63, 3.8) is 0 Å². The fourth-order valence-corrected chi connectivity index (χ4v) is 1.65. The Morgan fingerprint density at radius 3 is 2.93 bits per heavy atom. The Hall–Kier alpha value is -0.680. The second-order valence-corrected chi connectivity index (χ2v) is 3.78. The Bertz CT molecular complexity index is 332. The smallest absolute Gasteiger partial charge is 0.195 e. The quantitative estimate of drug-likeness (QED) is 0.576. The maximum absolute atomic E-state index is 5.31. The zero-order valence-corrected chi connectivity index (χ0v) is 10.3. The first-order valence-electron chi connectivity index (χ1n) is 5.51. The van der Waals surface area contributed by atoms with Crippen molar-refractivity contribution in [2.24, 2.45) is 0 Å². The topological polar surface area (TPSA) is 42.8 Å². The summed E-state index contributed by atoms with van der Waals surface area (Å²) in [5.74, 6) is 1.04. The number of ether oxygens (including phenoxy) is 1. The van der Waals surface area contributed by atoms with Crippen LogP contribution >= 0.6 is 12.2 Å². The summed E-state index contributed by atoms with van der Waals surface area (Å²) in [7, 11) is 0. The molecule has 4 nitrogen and oxygen atoms in total. The molecule has 0 atom stereocenters. The molecular formula is C10H19N3OS. The molecule has 0 radical (unpaired) electrons. The average Bonchev–Trinajstić information content (AvgIpc) is 2.58. The number of nitrogens with zero attached hydrogens (tertiary/aromatic N) is 2. The summed E-state index contributed by atoms with van der Waals surface area (Å²) >= 11 is 5.16. The lowest BCUT2D eigenvalue weighted by Gasteiger charge is -2.06. The van der Waals surface area contributed by atoms with Gasteiger partial charge in [-0.2, -0.15) is 5.10 Å². The van der Waals surface area contributed by atoms with E-state index in [1.54, 1.807) is 0 Å². The van der Waals surface area contributed by atoms with Gasteiger partial charge in [0, 0.05) is 19.6 Å². The van der Waals surface area contributed by atoms with Gasteiger partial charge in [-0.05, 0) is 25.6 Å². The van der Waals surface area contributed by atoms with Gasteiger partial charge in [-0.25, -0.2) is 0 Å². The normalized spacial score (nSPS) is 10.8. The molecule has 86 valence electrons. The molecule has 5 heteroatoms. The Morgan fingerprint density at radius 2 is 2.27 bits per heavy atom. The van der Waals surface area contributed by atoms with Crippen molar-refractivity contribution < 1.29 is 4.74 Å². The SMILES string of the molecule is CCCCc1n[nH]c(=S)n1CCOCC. The third-order valence-corrected chi connectivity index (χ3v) is 2.57. The summed E-state index contributed by atoms with van der Waals surface area (Å²) in [6.07, 6.45) is 3.30. The predicted octanol–water partition coefficient (Wildman–Crippen LogP) is 2.32. The Balaban J connectivity index is 2.58. The molecule has 0 fully saturated rings. The van der Waals surface area contributed by atoms with Gasteiger partial charge < -0.3 is 9.30 Å². The number of rotatable bonds is 7. The molecule has 0 amide bonds. The van der Waals surface area contributed by atoms with Crippen LogP contribution in [0, 0.1) is 4.77 Å². The van der Waals surface area contributed by atoms with Crippen LogP contribution in [0.1, 0.15) is 32.5 Å². The summed E-state index contributed by atoms with van der Waals surface area (Å²) in [4.78, 5) is 0. The van der Waals surface area contributed by atoms with E-state index in [-0.39, 0.29) is 0 Å². The third-order valence-electron chi connectivity index (χ3n) is 2.25. The first-order chi connectivity index (χ1) is 7.29. The molecule has 0 aliphatic heterocycles. The monoisotopic (exact) mass is 229 g/mol. The van der Waals surface area contributed by atoms with E-state index in [0.717, 1.165) is 31.8 Å². The number of aryl methyl sites for hydroxylation is 1. The van der Waals surface area contributed by atoms with Crippen LogP contribution in [0.3, 0.4) is 0 Å². The minimum atomic E-state index is 0.695. The van der Waals surface area contributed by atoms with Crippen molar-refractivity contribution in [3.05, 3.63) is 10.6 Å². The Kier molecular flexibility index (Phi) is 5.57. The van der Waals surface area contributed by atoms with Gasteiger partial charge in [0.25, 0.3) is 0 Å². The van der Waals surface area contributed by atoms with Crippen LogP contribution in [0.15, 0.2) is 0 Å². The zero-order chi connectivity index (χ0) is 11.1. The molecule has 0 unspecified atom stereocenters. The van der Waals surface area contributed by atoms with Crippen molar-refractivity contribution >= 4 is 12.2 Å². The van der Waals surface area contributed by atoms with Crippen LogP contribution in [0.4, 0.5) is 0 Å². The Labute approximate surface area is 95.7 Å². The second kappa shape index (κ2) is 6.74. The number of nitrogens with one attached hydrogen (secondary N) is 1. The maximum atomic E-state index is 5.31. The van der Waals surface area contributed by atoms with E-state index in [2.05, 4.69) is 17.1 Å². The van der Waals surface area contributed by atoms with Crippen LogP contribution < -0.4 is 0 Å². The van der Waals surface area contributed by atoms with Gasteiger partial charge in [-0.15, -0.1) is 0 Å². The van der Waals surface area contributed by atoms with Crippen molar-refractivity contribution in [3.8, 4) is 0 Å². The fourth-order valence-electron chi connectivity index (χ4n) is 1.41. The molecule has 0 aliphatic carbocycles. The molecule has 1 aromatic rings. The fraction of sp³-hybridized carbons (Fsp3) is 0.800. The minimum Gasteiger partial charge on any atom is -0.380 e. The molecule has 1 N–H and O–H groups in total. The largest absolute Gasteiger partial charge is 0.380 e. The van der Waals surface area contributed by atoms with Crippen LogP contribution in [-0.4, -0.2) is 28.0 Å². The molecule has 1 heterocycles. The second-order valence-electron chi connectivity index (χ2n) is 3.40. The number of aromatic amines is 1. The van der Waals surface area contributed by atoms with Gasteiger partial charge >= 0.3 is 0 Å². The van der Waals surface area contributed by atoms with Crippen molar-refractivity contribution in [2.45, 2.75) is 39.7 Å². The molecule has 0 aromatic carbocycles. The van der Waals surface area contributed by atoms with Crippen LogP contribution in [0.5, 0.6) is 0 Å². The highest BCUT2D eigenvalue weighted by atomic mass is 32.1. The summed E-state index contributed by atoms with van der Waals surface area (Å²) in [6, 6.07) is 0. The molecular weight excluding hydrogens is 210 g/mol. The Morgan fingerprint density at radius 1 is 1.47 bits per heavy atom. The first kappa shape index (κ1) is 12.4. The lowest BCUT2D eigenvalue weighted by molar-refractivity contribution is 0.138. The van der Waals surface area contributed by atoms with E-state index in [1.807, 2.05) is 11.5 Å². The lowest BCUT2D eigenvalue weighted by atomic mass is 10.2. The molecule has 1 aromatic heterocycles. The molecule has 15 heavy (non-hydrogen) atoms. The first-order valence-corrected chi connectivity index (χ1v) is 5.92. The van der Waals surface area contributed by atoms with Crippen molar-refractivity contribution in [1.82, 2.24) is 14.8 Å². The highest BCUT2D eigenvalue weighted by Crippen LogP contribution is 2.03. The highest BCUT2D eigenvalue weighted by molar-refractivity contribution is 7.71. The van der Waals surface area contributed by atoms with E-state index >= 15 is 0 Å². The van der Waals surface area contributed by atoms with Crippen LogP contribution in [0.2, 0.25) is 0 Å². The number of hydrogen-bond acceptors (Lipinski definition) is 3. The van der Waals surface area contributed by atoms with E-state index in [4.69, 9.17) is 17.0 Å². The minimum absolute atomic E-state index is 0.695. The van der Waals surface area contributed by atoms with Crippen LogP contribution in [-0.2, 0) is 17.7 Å². The summed E-state index contributed by atoms with van der Waals surface area (Å²) in [5, 5.41) is 7.06. The zero-order valence-electron chi connectivity index (χ0n) is 9.45. The summed E-state index contributed by atoms with van der Waals surface area (Å²) < 4.78 is 8.04. The van der Waals surface area contributed by atoms with E-state index in [0.29, 0.717) is 11.4 Å². The van der Waals surface area contributed by atoms with Crippen molar-refractivity contribution in [2.75, 3.05) is 13.2 Å². The van der Waals surface area contributed by atoms with Gasteiger partial charge in [-0.1, -0.05) is 13.3 Å². The van der Waals surface area contributed by atoms with Gasteiger partial charge in [-0.3, -0.25) is 5.10 Å². The molecule has 0 saturated heterocycles. The number of H-pyrrole nitrogens is 1. The van der Waals surface area contributed by atoms with Gasteiger partial charge in [0.2, 0.25) is 0 Å². The van der Waals surface area contributed by atoms with Gasteiger partial charge in [0.1, 0.15) is 5.82 Å². The summed E-state index contributed by atoms with van der Waals surface area (Å²) in [5.41, 5.74) is 0. The molecule has 0 bridgehead atoms. The van der Waals surface area contributed by atoms with E-state index in [9.17, 15) is 0 Å². The average molecular weight is 229 g/mol. The number of aromatic nitrogens is 3. The number of hydrogen-bond donors (Lipinski definition) is 1. The van der Waals surface area contributed by atoms with Gasteiger partial charge in [0.15, 0.2) is 4.77 Å². The molecule has 0 spiro atoms. The molecule has 0 saturated carbocycles. The molecule has 1 rings (SSSR count).